The van der Waals surface area contributed by atoms with Crippen molar-refractivity contribution in [3.8, 4) is 0 Å². The minimum Gasteiger partial charge on any atom is -0.399 e. The van der Waals surface area contributed by atoms with E-state index in [1.165, 1.54) is 22.9 Å². The lowest BCUT2D eigenvalue weighted by molar-refractivity contribution is -0.104. The summed E-state index contributed by atoms with van der Waals surface area (Å²) in [7, 11) is 0. The van der Waals surface area contributed by atoms with E-state index in [0.717, 1.165) is 51.2 Å². The SMILES string of the molecule is C/C=C/C=O.C=NCC1=CC=CCC(C)=C1.CC.CC.Nc1ccc(N2CCOCC2)cc1. The molecule has 1 heterocycles. The third kappa shape index (κ3) is 17.3. The highest BCUT2D eigenvalue weighted by Crippen LogP contribution is 2.17. The summed E-state index contributed by atoms with van der Waals surface area (Å²) in [5.41, 5.74) is 10.3. The van der Waals surface area contributed by atoms with Gasteiger partial charge in [0.1, 0.15) is 6.29 Å². The number of nitrogens with two attached hydrogens (primary N) is 1. The first-order chi connectivity index (χ1) is 16.1. The summed E-state index contributed by atoms with van der Waals surface area (Å²) >= 11 is 0. The largest absolute Gasteiger partial charge is 0.399 e. The van der Waals surface area contributed by atoms with Crippen LogP contribution in [0.25, 0.3) is 0 Å². The Kier molecular flexibility index (Phi) is 23.2. The van der Waals surface area contributed by atoms with Crippen LogP contribution in [0.5, 0.6) is 0 Å². The number of carbonyl (C=O) groups is 1. The van der Waals surface area contributed by atoms with Crippen molar-refractivity contribution in [2.75, 3.05) is 43.5 Å². The second-order valence-corrected chi connectivity index (χ2v) is 6.60. The van der Waals surface area contributed by atoms with E-state index in [-0.39, 0.29) is 0 Å². The molecular formula is C28H45N3O2. The molecule has 0 bridgehead atoms. The minimum absolute atomic E-state index is 0.724. The van der Waals surface area contributed by atoms with E-state index >= 15 is 0 Å². The van der Waals surface area contributed by atoms with Gasteiger partial charge in [0.2, 0.25) is 0 Å². The fraction of sp³-hybridized carbons (Fsp3) is 0.429. The number of nitrogens with zero attached hydrogens (tertiary/aromatic N) is 2. The molecule has 1 aliphatic carbocycles. The molecule has 5 nitrogen and oxygen atoms in total. The Hall–Kier alpha value is -2.92. The van der Waals surface area contributed by atoms with E-state index < -0.39 is 0 Å². The summed E-state index contributed by atoms with van der Waals surface area (Å²) in [6, 6.07) is 7.98. The summed E-state index contributed by atoms with van der Waals surface area (Å²) in [4.78, 5) is 15.5. The van der Waals surface area contributed by atoms with Gasteiger partial charge >= 0.3 is 0 Å². The van der Waals surface area contributed by atoms with Crippen molar-refractivity contribution in [2.24, 2.45) is 4.99 Å². The zero-order chi connectivity index (χ0) is 25.3. The van der Waals surface area contributed by atoms with Crippen LogP contribution in [0.4, 0.5) is 11.4 Å². The summed E-state index contributed by atoms with van der Waals surface area (Å²) < 4.78 is 5.28. The van der Waals surface area contributed by atoms with Crippen LogP contribution >= 0.6 is 0 Å². The monoisotopic (exact) mass is 455 g/mol. The number of allylic oxidation sites excluding steroid dienone is 6. The molecule has 2 aliphatic rings. The number of nitrogen functional groups attached to an aromatic ring is 1. The molecule has 0 saturated carbocycles. The van der Waals surface area contributed by atoms with Gasteiger partial charge in [-0.2, -0.15) is 0 Å². The number of benzene rings is 1. The zero-order valence-electron chi connectivity index (χ0n) is 21.6. The fourth-order valence-electron chi connectivity index (χ4n) is 2.68. The number of morpholine rings is 1. The van der Waals surface area contributed by atoms with Crippen LogP contribution in [-0.4, -0.2) is 45.9 Å². The molecule has 5 heteroatoms. The molecule has 0 spiro atoms. The standard InChI is InChI=1S/C10H14N2O.C10H13N.C4H6O.2C2H6/c11-9-1-3-10(4-2-9)12-5-7-13-8-6-12;1-9-5-3-4-6-10(7-9)8-11-2;1-2-3-4-5;2*1-2/h1-4H,5-8,11H2;3-4,6-7H,2,5,8H2,1H3;2-4H,1H3;2*1-2H3/b;;3-2+;;. The van der Waals surface area contributed by atoms with Gasteiger partial charge in [-0.15, -0.1) is 0 Å². The highest BCUT2D eigenvalue weighted by Gasteiger charge is 2.10. The zero-order valence-corrected chi connectivity index (χ0v) is 21.6. The Morgan fingerprint density at radius 2 is 1.73 bits per heavy atom. The Bertz CT molecular complexity index is 726. The van der Waals surface area contributed by atoms with E-state index in [9.17, 15) is 4.79 Å². The lowest BCUT2D eigenvalue weighted by Gasteiger charge is -2.28. The Morgan fingerprint density at radius 1 is 1.12 bits per heavy atom. The average Bonchev–Trinajstić information content (AvgIpc) is 3.08. The van der Waals surface area contributed by atoms with Gasteiger partial charge in [-0.1, -0.05) is 63.6 Å². The number of aliphatic imine (C=N–C) groups is 1. The van der Waals surface area contributed by atoms with Crippen molar-refractivity contribution in [3.63, 3.8) is 0 Å². The third-order valence-corrected chi connectivity index (χ3v) is 4.15. The van der Waals surface area contributed by atoms with Gasteiger partial charge in [-0.05, 0) is 62.9 Å². The van der Waals surface area contributed by atoms with E-state index in [0.29, 0.717) is 0 Å². The van der Waals surface area contributed by atoms with Gasteiger partial charge in [0.15, 0.2) is 0 Å². The molecule has 0 atom stereocenters. The predicted molar refractivity (Wildman–Crippen MR) is 147 cm³/mol. The number of hydrogen-bond donors (Lipinski definition) is 1. The first kappa shape index (κ1) is 32.3. The van der Waals surface area contributed by atoms with Crippen molar-refractivity contribution in [1.82, 2.24) is 0 Å². The number of ether oxygens (including phenoxy) is 1. The minimum atomic E-state index is 0.724. The molecule has 1 aromatic rings. The predicted octanol–water partition coefficient (Wildman–Crippen LogP) is 6.44. The van der Waals surface area contributed by atoms with Crippen molar-refractivity contribution >= 4 is 24.4 Å². The number of aldehydes is 1. The summed E-state index contributed by atoms with van der Waals surface area (Å²) in [5.74, 6) is 0. The van der Waals surface area contributed by atoms with Crippen molar-refractivity contribution in [1.29, 1.82) is 0 Å². The molecule has 0 unspecified atom stereocenters. The van der Waals surface area contributed by atoms with Crippen LogP contribution in [0.2, 0.25) is 0 Å². The van der Waals surface area contributed by atoms with Crippen LogP contribution in [0.15, 0.2) is 76.9 Å². The van der Waals surface area contributed by atoms with E-state index in [1.807, 2.05) is 39.8 Å². The molecule has 0 radical (unpaired) electrons. The van der Waals surface area contributed by atoms with Gasteiger partial charge in [0.05, 0.1) is 19.8 Å². The van der Waals surface area contributed by atoms with Crippen LogP contribution in [0, 0.1) is 0 Å². The first-order valence-corrected chi connectivity index (χ1v) is 11.8. The van der Waals surface area contributed by atoms with Gasteiger partial charge < -0.3 is 15.4 Å². The maximum atomic E-state index is 9.32. The normalized spacial score (nSPS) is 14.2. The molecule has 0 aromatic heterocycles. The van der Waals surface area contributed by atoms with Crippen LogP contribution in [0.1, 0.15) is 48.0 Å². The Morgan fingerprint density at radius 3 is 2.21 bits per heavy atom. The van der Waals surface area contributed by atoms with Gasteiger partial charge in [-0.3, -0.25) is 9.79 Å². The maximum absolute atomic E-state index is 9.32. The third-order valence-electron chi connectivity index (χ3n) is 4.15. The highest BCUT2D eigenvalue weighted by molar-refractivity contribution is 5.64. The molecule has 3 rings (SSSR count). The van der Waals surface area contributed by atoms with Gasteiger partial charge in [0, 0.05) is 24.5 Å². The quantitative estimate of drug-likeness (QED) is 0.245. The fourth-order valence-corrected chi connectivity index (χ4v) is 2.68. The molecule has 1 fully saturated rings. The summed E-state index contributed by atoms with van der Waals surface area (Å²) in [6.07, 6.45) is 13.4. The number of anilines is 2. The van der Waals surface area contributed by atoms with E-state index in [2.05, 4.69) is 60.0 Å². The van der Waals surface area contributed by atoms with Crippen molar-refractivity contribution < 1.29 is 9.53 Å². The van der Waals surface area contributed by atoms with Crippen LogP contribution in [-0.2, 0) is 9.53 Å². The summed E-state index contributed by atoms with van der Waals surface area (Å²) in [5, 5.41) is 0. The molecular weight excluding hydrogens is 410 g/mol. The average molecular weight is 456 g/mol. The molecule has 33 heavy (non-hydrogen) atoms. The van der Waals surface area contributed by atoms with E-state index in [1.54, 1.807) is 13.0 Å². The smallest absolute Gasteiger partial charge is 0.142 e. The molecule has 2 N–H and O–H groups in total. The molecule has 184 valence electrons. The van der Waals surface area contributed by atoms with Crippen LogP contribution in [0.3, 0.4) is 0 Å². The lowest BCUT2D eigenvalue weighted by Crippen LogP contribution is -2.36. The van der Waals surface area contributed by atoms with Gasteiger partial charge in [0.25, 0.3) is 0 Å². The first-order valence-electron chi connectivity index (χ1n) is 11.8. The second-order valence-electron chi connectivity index (χ2n) is 6.60. The molecule has 0 amide bonds. The van der Waals surface area contributed by atoms with Crippen LogP contribution < -0.4 is 10.6 Å². The number of rotatable bonds is 4. The maximum Gasteiger partial charge on any atom is 0.142 e. The number of hydrogen-bond acceptors (Lipinski definition) is 5. The van der Waals surface area contributed by atoms with Crippen molar-refractivity contribution in [3.05, 3.63) is 71.9 Å². The Labute approximate surface area is 202 Å². The summed E-state index contributed by atoms with van der Waals surface area (Å²) in [6.45, 7) is 19.7. The molecule has 1 saturated heterocycles. The van der Waals surface area contributed by atoms with Gasteiger partial charge in [-0.25, -0.2) is 0 Å². The number of carbonyl (C=O) groups excluding carboxylic acids is 1. The van der Waals surface area contributed by atoms with Crippen molar-refractivity contribution in [2.45, 2.75) is 48.0 Å². The lowest BCUT2D eigenvalue weighted by atomic mass is 10.1. The highest BCUT2D eigenvalue weighted by atomic mass is 16.5. The topological polar surface area (TPSA) is 67.9 Å². The molecule has 1 aliphatic heterocycles. The Balaban J connectivity index is 0. The second kappa shape index (κ2) is 23.7. The van der Waals surface area contributed by atoms with E-state index in [4.69, 9.17) is 10.5 Å². The molecule has 1 aromatic carbocycles.